The number of benzene rings is 2. The van der Waals surface area contributed by atoms with Gasteiger partial charge in [-0.15, -0.1) is 0 Å². The highest BCUT2D eigenvalue weighted by atomic mass is 16.6. The maximum Gasteiger partial charge on any atom is 0.410 e. The Kier molecular flexibility index (Phi) is 7.75. The van der Waals surface area contributed by atoms with Crippen LogP contribution in [0.15, 0.2) is 54.6 Å². The quantitative estimate of drug-likeness (QED) is 0.743. The van der Waals surface area contributed by atoms with E-state index in [1.54, 1.807) is 27.8 Å². The number of rotatable bonds is 6. The van der Waals surface area contributed by atoms with Crippen LogP contribution in [0.5, 0.6) is 0 Å². The van der Waals surface area contributed by atoms with Crippen molar-refractivity contribution < 1.29 is 14.3 Å². The number of anilines is 2. The molecule has 7 nitrogen and oxygen atoms in total. The molecule has 1 fully saturated rings. The van der Waals surface area contributed by atoms with Gasteiger partial charge in [0, 0.05) is 51.1 Å². The molecular weight excluding hydrogens is 404 g/mol. The van der Waals surface area contributed by atoms with Crippen molar-refractivity contribution in [3.8, 4) is 0 Å². The normalized spacial score (nSPS) is 14.7. The second-order valence-corrected chi connectivity index (χ2v) is 9.18. The molecule has 2 aromatic carbocycles. The predicted molar refractivity (Wildman–Crippen MR) is 128 cm³/mol. The van der Waals surface area contributed by atoms with Crippen LogP contribution in [0.3, 0.4) is 0 Å². The number of ether oxygens (including phenoxy) is 1. The fourth-order valence-electron chi connectivity index (χ4n) is 3.58. The molecule has 1 N–H and O–H groups in total. The minimum absolute atomic E-state index is 0.0694. The van der Waals surface area contributed by atoms with E-state index < -0.39 is 11.7 Å². The van der Waals surface area contributed by atoms with Gasteiger partial charge in [0.15, 0.2) is 0 Å². The first-order valence-corrected chi connectivity index (χ1v) is 11.0. The summed E-state index contributed by atoms with van der Waals surface area (Å²) in [5.41, 5.74) is 2.61. The molecule has 1 saturated heterocycles. The molecule has 3 rings (SSSR count). The topological polar surface area (TPSA) is 65.1 Å². The van der Waals surface area contributed by atoms with Gasteiger partial charge in [-0.3, -0.25) is 9.69 Å². The fraction of sp³-hybridized carbons (Fsp3) is 0.440. The maximum absolute atomic E-state index is 12.3. The van der Waals surface area contributed by atoms with Crippen LogP contribution in [-0.2, 0) is 16.1 Å². The van der Waals surface area contributed by atoms with Crippen molar-refractivity contribution in [1.29, 1.82) is 0 Å². The van der Waals surface area contributed by atoms with Gasteiger partial charge in [-0.1, -0.05) is 30.3 Å². The second-order valence-electron chi connectivity index (χ2n) is 9.18. The van der Waals surface area contributed by atoms with Gasteiger partial charge in [-0.2, -0.15) is 0 Å². The minimum atomic E-state index is -0.593. The Morgan fingerprint density at radius 3 is 2.19 bits per heavy atom. The lowest BCUT2D eigenvalue weighted by atomic mass is 10.2. The summed E-state index contributed by atoms with van der Waals surface area (Å²) in [7, 11) is 1.55. The van der Waals surface area contributed by atoms with E-state index in [2.05, 4.69) is 39.4 Å². The van der Waals surface area contributed by atoms with Crippen molar-refractivity contribution in [2.75, 3.05) is 50.0 Å². The third-order valence-electron chi connectivity index (χ3n) is 5.22. The standard InChI is InChI=1S/C25H34N4O3/c1-25(2,3)32-24(31)27(4)19-23(30)26-21-10-12-22(13-11-21)29-16-14-28(15-17-29)18-20-8-6-5-7-9-20/h5-13H,14-19H2,1-4H3,(H,26,30). The van der Waals surface area contributed by atoms with E-state index >= 15 is 0 Å². The summed E-state index contributed by atoms with van der Waals surface area (Å²) in [5.74, 6) is -0.263. The zero-order chi connectivity index (χ0) is 23.1. The van der Waals surface area contributed by atoms with Gasteiger partial charge in [0.2, 0.25) is 5.91 Å². The number of amides is 2. The van der Waals surface area contributed by atoms with Crippen LogP contribution in [-0.4, -0.2) is 67.2 Å². The lowest BCUT2D eigenvalue weighted by Crippen LogP contribution is -2.45. The highest BCUT2D eigenvalue weighted by molar-refractivity contribution is 5.94. The number of likely N-dealkylation sites (N-methyl/N-ethyl adjacent to an activating group) is 1. The van der Waals surface area contributed by atoms with Gasteiger partial charge in [0.25, 0.3) is 0 Å². The van der Waals surface area contributed by atoms with Crippen molar-refractivity contribution in [3.05, 3.63) is 60.2 Å². The highest BCUT2D eigenvalue weighted by Crippen LogP contribution is 2.20. The van der Waals surface area contributed by atoms with Crippen LogP contribution < -0.4 is 10.2 Å². The van der Waals surface area contributed by atoms with Crippen molar-refractivity contribution in [3.63, 3.8) is 0 Å². The molecule has 2 aromatic rings. The average Bonchev–Trinajstić information content (AvgIpc) is 2.74. The summed E-state index contributed by atoms with van der Waals surface area (Å²) < 4.78 is 5.27. The summed E-state index contributed by atoms with van der Waals surface area (Å²) in [4.78, 5) is 30.4. The van der Waals surface area contributed by atoms with E-state index in [4.69, 9.17) is 4.74 Å². The summed E-state index contributed by atoms with van der Waals surface area (Å²) in [5, 5.41) is 2.84. The zero-order valence-electron chi connectivity index (χ0n) is 19.5. The molecule has 0 bridgehead atoms. The van der Waals surface area contributed by atoms with E-state index in [9.17, 15) is 9.59 Å². The summed E-state index contributed by atoms with van der Waals surface area (Å²) in [6, 6.07) is 18.4. The lowest BCUT2D eigenvalue weighted by molar-refractivity contribution is -0.117. The molecule has 0 radical (unpaired) electrons. The maximum atomic E-state index is 12.3. The number of piperazine rings is 1. The smallest absolute Gasteiger partial charge is 0.410 e. The second kappa shape index (κ2) is 10.5. The van der Waals surface area contributed by atoms with E-state index in [-0.39, 0.29) is 12.5 Å². The molecule has 1 aliphatic heterocycles. The first-order valence-electron chi connectivity index (χ1n) is 11.0. The SMILES string of the molecule is CN(CC(=O)Nc1ccc(N2CCN(Cc3ccccc3)CC2)cc1)C(=O)OC(C)(C)C. The Labute approximate surface area is 190 Å². The van der Waals surface area contributed by atoms with E-state index in [0.717, 1.165) is 38.4 Å². The number of carbonyl (C=O) groups excluding carboxylic acids is 2. The van der Waals surface area contributed by atoms with Crippen LogP contribution in [0, 0.1) is 0 Å². The molecule has 0 aliphatic carbocycles. The molecule has 32 heavy (non-hydrogen) atoms. The molecule has 2 amide bonds. The van der Waals surface area contributed by atoms with E-state index in [1.807, 2.05) is 30.3 Å². The molecule has 0 spiro atoms. The van der Waals surface area contributed by atoms with Crippen molar-refractivity contribution >= 4 is 23.4 Å². The molecule has 1 heterocycles. The van der Waals surface area contributed by atoms with Crippen molar-refractivity contribution in [2.24, 2.45) is 0 Å². The van der Waals surface area contributed by atoms with Gasteiger partial charge in [0.05, 0.1) is 0 Å². The Bertz CT molecular complexity index is 886. The molecular formula is C25H34N4O3. The van der Waals surface area contributed by atoms with Gasteiger partial charge in [0.1, 0.15) is 12.1 Å². The molecule has 0 unspecified atom stereocenters. The van der Waals surface area contributed by atoms with Gasteiger partial charge >= 0.3 is 6.09 Å². The third kappa shape index (κ3) is 7.27. The highest BCUT2D eigenvalue weighted by Gasteiger charge is 2.21. The summed E-state index contributed by atoms with van der Waals surface area (Å²) in [6.45, 7) is 10.3. The van der Waals surface area contributed by atoms with Crippen LogP contribution >= 0.6 is 0 Å². The van der Waals surface area contributed by atoms with E-state index in [0.29, 0.717) is 5.69 Å². The number of carbonyl (C=O) groups is 2. The molecule has 0 atom stereocenters. The first kappa shape index (κ1) is 23.6. The van der Waals surface area contributed by atoms with Crippen LogP contribution in [0.2, 0.25) is 0 Å². The summed E-state index contributed by atoms with van der Waals surface area (Å²) in [6.07, 6.45) is -0.519. The average molecular weight is 439 g/mol. The molecule has 0 aromatic heterocycles. The predicted octanol–water partition coefficient (Wildman–Crippen LogP) is 3.81. The third-order valence-corrected chi connectivity index (χ3v) is 5.22. The number of nitrogens with one attached hydrogen (secondary N) is 1. The number of hydrogen-bond acceptors (Lipinski definition) is 5. The summed E-state index contributed by atoms with van der Waals surface area (Å²) >= 11 is 0. The largest absolute Gasteiger partial charge is 0.444 e. The zero-order valence-corrected chi connectivity index (χ0v) is 19.5. The molecule has 172 valence electrons. The Balaban J connectivity index is 1.45. The van der Waals surface area contributed by atoms with Crippen molar-refractivity contribution in [2.45, 2.75) is 32.9 Å². The Morgan fingerprint density at radius 1 is 0.969 bits per heavy atom. The van der Waals surface area contributed by atoms with Crippen molar-refractivity contribution in [1.82, 2.24) is 9.80 Å². The Morgan fingerprint density at radius 2 is 1.59 bits per heavy atom. The van der Waals surface area contributed by atoms with Gasteiger partial charge < -0.3 is 19.9 Å². The minimum Gasteiger partial charge on any atom is -0.444 e. The number of hydrogen-bond donors (Lipinski definition) is 1. The van der Waals surface area contributed by atoms with Gasteiger partial charge in [-0.25, -0.2) is 4.79 Å². The van der Waals surface area contributed by atoms with Crippen LogP contribution in [0.1, 0.15) is 26.3 Å². The first-order chi connectivity index (χ1) is 15.2. The van der Waals surface area contributed by atoms with E-state index in [1.165, 1.54) is 10.5 Å². The molecule has 1 aliphatic rings. The molecule has 0 saturated carbocycles. The molecule has 7 heteroatoms. The van der Waals surface area contributed by atoms with Gasteiger partial charge in [-0.05, 0) is 50.6 Å². The fourth-order valence-corrected chi connectivity index (χ4v) is 3.58. The number of nitrogens with zero attached hydrogens (tertiary/aromatic N) is 3. The van der Waals surface area contributed by atoms with Crippen LogP contribution in [0.25, 0.3) is 0 Å². The Hall–Kier alpha value is -3.06. The van der Waals surface area contributed by atoms with Crippen LogP contribution in [0.4, 0.5) is 16.2 Å². The monoisotopic (exact) mass is 438 g/mol. The lowest BCUT2D eigenvalue weighted by Gasteiger charge is -2.36.